The molecule has 0 saturated carbocycles. The van der Waals surface area contributed by atoms with Gasteiger partial charge in [0, 0.05) is 26.8 Å². The zero-order chi connectivity index (χ0) is 37.8. The molecule has 18 heteroatoms. The molecule has 54 heavy (non-hydrogen) atoms. The van der Waals surface area contributed by atoms with Crippen molar-refractivity contribution >= 4 is 119 Å². The molecule has 0 fully saturated rings. The van der Waals surface area contributed by atoms with Gasteiger partial charge in [-0.15, -0.1) is 0 Å². The lowest BCUT2D eigenvalue weighted by Crippen LogP contribution is -2.11. The Hall–Kier alpha value is -2.31. The van der Waals surface area contributed by atoms with E-state index in [1.54, 1.807) is 72.8 Å². The maximum Gasteiger partial charge on any atom is 0.460 e. The second-order valence-electron chi connectivity index (χ2n) is 11.0. The molecule has 0 atom stereocenters. The quantitative estimate of drug-likeness (QED) is 0.113. The van der Waals surface area contributed by atoms with Gasteiger partial charge >= 0.3 is 23.0 Å². The Morgan fingerprint density at radius 2 is 0.370 bits per heavy atom. The lowest BCUT2D eigenvalue weighted by molar-refractivity contribution is 0.443. The smallest absolute Gasteiger partial charge is 0.413 e. The van der Waals surface area contributed by atoms with Crippen molar-refractivity contribution in [1.82, 2.24) is 0 Å². The van der Waals surface area contributed by atoms with E-state index in [9.17, 15) is 0 Å². The SMILES string of the molecule is Brc1ccc(OP2(Oc3ccc(Br)cc3)=NP(Oc3ccc(Br)cc3)(Oc3ccc(Br)cc3)=NP(Oc3ccc(Br)cc3)(Oc3ccc(Br)cc3)=N2)cc1. The van der Waals surface area contributed by atoms with Crippen LogP contribution in [0.3, 0.4) is 0 Å². The van der Waals surface area contributed by atoms with E-state index in [-0.39, 0.29) is 0 Å². The van der Waals surface area contributed by atoms with Crippen molar-refractivity contribution in [3.63, 3.8) is 0 Å². The van der Waals surface area contributed by atoms with E-state index in [4.69, 9.17) is 40.7 Å². The predicted octanol–water partition coefficient (Wildman–Crippen LogP) is 16.9. The zero-order valence-electron chi connectivity index (χ0n) is 27.3. The van der Waals surface area contributed by atoms with Gasteiger partial charge in [0.05, 0.1) is 0 Å². The van der Waals surface area contributed by atoms with Gasteiger partial charge in [-0.2, -0.15) is 0 Å². The van der Waals surface area contributed by atoms with Gasteiger partial charge in [-0.3, -0.25) is 0 Å². The topological polar surface area (TPSA) is 92.5 Å². The van der Waals surface area contributed by atoms with Gasteiger partial charge in [-0.05, 0) is 146 Å². The number of benzene rings is 6. The van der Waals surface area contributed by atoms with Crippen molar-refractivity contribution in [2.75, 3.05) is 0 Å². The van der Waals surface area contributed by atoms with Crippen LogP contribution in [-0.2, 0) is 0 Å². The highest BCUT2D eigenvalue weighted by atomic mass is 79.9. The maximum atomic E-state index is 6.84. The van der Waals surface area contributed by atoms with Crippen LogP contribution in [-0.4, -0.2) is 0 Å². The van der Waals surface area contributed by atoms with Gasteiger partial charge < -0.3 is 27.1 Å². The number of halogens is 6. The molecule has 276 valence electrons. The van der Waals surface area contributed by atoms with Gasteiger partial charge in [0.25, 0.3) is 0 Å². The Balaban J connectivity index is 1.56. The molecule has 9 nitrogen and oxygen atoms in total. The van der Waals surface area contributed by atoms with Crippen LogP contribution >= 0.6 is 119 Å². The number of hydrogen-bond acceptors (Lipinski definition) is 9. The first kappa shape index (κ1) is 39.9. The van der Waals surface area contributed by atoms with Crippen LogP contribution in [0.4, 0.5) is 0 Å². The van der Waals surface area contributed by atoms with Crippen LogP contribution in [0.1, 0.15) is 0 Å². The molecule has 0 bridgehead atoms. The van der Waals surface area contributed by atoms with Gasteiger partial charge in [0.15, 0.2) is 0 Å². The fraction of sp³-hybridized carbons (Fsp3) is 0. The molecular formula is C36H24Br6N3O6P3. The normalized spacial score (nSPS) is 15.0. The van der Waals surface area contributed by atoms with Gasteiger partial charge in [-0.1, -0.05) is 109 Å². The van der Waals surface area contributed by atoms with E-state index in [1.807, 2.05) is 72.8 Å². The average Bonchev–Trinajstić information content (AvgIpc) is 3.14. The van der Waals surface area contributed by atoms with E-state index < -0.39 is 23.0 Å². The van der Waals surface area contributed by atoms with Crippen LogP contribution in [0.25, 0.3) is 0 Å². The van der Waals surface area contributed by atoms with E-state index >= 15 is 0 Å². The summed E-state index contributed by atoms with van der Waals surface area (Å²) in [4.78, 5) is 0. The molecule has 1 aliphatic rings. The van der Waals surface area contributed by atoms with Crippen LogP contribution in [0, 0.1) is 0 Å². The highest BCUT2D eigenvalue weighted by Crippen LogP contribution is 2.78. The molecule has 6 aromatic carbocycles. The first-order chi connectivity index (χ1) is 26.0. The highest BCUT2D eigenvalue weighted by Gasteiger charge is 2.49. The summed E-state index contributed by atoms with van der Waals surface area (Å²) >= 11 is 21.1. The summed E-state index contributed by atoms with van der Waals surface area (Å²) in [6.07, 6.45) is 0. The highest BCUT2D eigenvalue weighted by molar-refractivity contribution is 9.11. The Morgan fingerprint density at radius 1 is 0.241 bits per heavy atom. The van der Waals surface area contributed by atoms with E-state index in [0.717, 1.165) is 26.8 Å². The molecule has 1 aliphatic heterocycles. The van der Waals surface area contributed by atoms with Crippen molar-refractivity contribution in [1.29, 1.82) is 0 Å². The number of rotatable bonds is 12. The number of nitrogens with zero attached hydrogens (tertiary/aromatic N) is 3. The Kier molecular flexibility index (Phi) is 12.9. The number of hydrogen-bond donors (Lipinski definition) is 0. The first-order valence-electron chi connectivity index (χ1n) is 15.6. The molecule has 6 aromatic rings. The second-order valence-corrected chi connectivity index (χ2v) is 22.7. The summed E-state index contributed by atoms with van der Waals surface area (Å²) in [5.41, 5.74) is 0. The zero-order valence-corrected chi connectivity index (χ0v) is 39.5. The lowest BCUT2D eigenvalue weighted by Gasteiger charge is -2.33. The minimum absolute atomic E-state index is 0.411. The third-order valence-corrected chi connectivity index (χ3v) is 18.2. The summed E-state index contributed by atoms with van der Waals surface area (Å²) < 4.78 is 61.8. The summed E-state index contributed by atoms with van der Waals surface area (Å²) in [5, 5.41) is 0. The van der Waals surface area contributed by atoms with Crippen LogP contribution in [0.15, 0.2) is 186 Å². The molecule has 0 aliphatic carbocycles. The predicted molar refractivity (Wildman–Crippen MR) is 237 cm³/mol. The Bertz CT molecular complexity index is 1980. The fourth-order valence-electron chi connectivity index (χ4n) is 4.55. The monoisotopic (exact) mass is 1160 g/mol. The van der Waals surface area contributed by atoms with Gasteiger partial charge in [-0.25, -0.2) is 0 Å². The van der Waals surface area contributed by atoms with Crippen molar-refractivity contribution in [2.45, 2.75) is 0 Å². The molecule has 0 amide bonds. The summed E-state index contributed by atoms with van der Waals surface area (Å²) in [7, 11) is -12.0. The van der Waals surface area contributed by atoms with Crippen LogP contribution in [0.5, 0.6) is 34.5 Å². The molecule has 0 aromatic heterocycles. The van der Waals surface area contributed by atoms with Gasteiger partial charge in [0.2, 0.25) is 0 Å². The molecule has 0 saturated heterocycles. The molecule has 1 heterocycles. The van der Waals surface area contributed by atoms with Crippen molar-refractivity contribution in [3.05, 3.63) is 172 Å². The molecule has 0 spiro atoms. The molecule has 7 rings (SSSR count). The van der Waals surface area contributed by atoms with E-state index in [0.29, 0.717) is 34.5 Å². The third-order valence-electron chi connectivity index (χ3n) is 6.91. The standard InChI is InChI=1S/C36H24Br6N3O6P3/c37-25-1-13-31(14-2-25)46-52(47-32-15-3-26(38)4-16-32)43-53(48-33-17-5-27(39)6-18-33,49-34-19-7-28(40)8-20-34)45-54(44-52,50-35-21-9-29(41)10-22-35)51-36-23-11-30(42)12-24-36/h1-24H. The van der Waals surface area contributed by atoms with Crippen molar-refractivity contribution in [2.24, 2.45) is 13.5 Å². The fourth-order valence-corrected chi connectivity index (χ4v) is 15.2. The molecule has 0 radical (unpaired) electrons. The summed E-state index contributed by atoms with van der Waals surface area (Å²) in [5.74, 6) is 2.47. The van der Waals surface area contributed by atoms with Crippen LogP contribution in [0.2, 0.25) is 0 Å². The van der Waals surface area contributed by atoms with E-state index in [1.165, 1.54) is 0 Å². The van der Waals surface area contributed by atoms with E-state index in [2.05, 4.69) is 95.6 Å². The average molecular weight is 1170 g/mol. The Labute approximate surface area is 362 Å². The molecule has 0 N–H and O–H groups in total. The minimum Gasteiger partial charge on any atom is -0.413 e. The third kappa shape index (κ3) is 10.5. The summed E-state index contributed by atoms with van der Waals surface area (Å²) in [6, 6.07) is 43.5. The first-order valence-corrected chi connectivity index (χ1v) is 24.9. The maximum absolute atomic E-state index is 6.84. The minimum atomic E-state index is -4.01. The Morgan fingerprint density at radius 3 is 0.500 bits per heavy atom. The van der Waals surface area contributed by atoms with Crippen molar-refractivity contribution in [3.8, 4) is 34.5 Å². The second kappa shape index (κ2) is 17.5. The largest absolute Gasteiger partial charge is 0.460 e. The van der Waals surface area contributed by atoms with Crippen LogP contribution < -0.4 is 27.1 Å². The van der Waals surface area contributed by atoms with Gasteiger partial charge in [0.1, 0.15) is 34.5 Å². The molecular weight excluding hydrogens is 1140 g/mol. The molecule has 0 unspecified atom stereocenters. The lowest BCUT2D eigenvalue weighted by atomic mass is 10.3. The van der Waals surface area contributed by atoms with Crippen molar-refractivity contribution < 1.29 is 27.1 Å². The summed E-state index contributed by atoms with van der Waals surface area (Å²) in [6.45, 7) is 0.